The number of carbonyl (C=O) groups is 1. The maximum Gasteiger partial charge on any atom is 0.270 e. The number of benzene rings is 1. The van der Waals surface area contributed by atoms with Gasteiger partial charge in [-0.25, -0.2) is 18.4 Å². The molecule has 1 saturated heterocycles. The summed E-state index contributed by atoms with van der Waals surface area (Å²) < 4.78 is 28.2. The standard InChI is InChI=1S/C18H22N4O4S/c1-26-15-4-2-3-13(11-15)5-8-19-17(23)16-6-9-20-18(22-16)21-14-7-10-27(24,25)12-14/h2-4,6,9,11,14H,5,7-8,10,12H2,1H3,(H,19,23)(H,20,21,22). The minimum atomic E-state index is -2.99. The van der Waals surface area contributed by atoms with Gasteiger partial charge in [0.05, 0.1) is 18.6 Å². The van der Waals surface area contributed by atoms with E-state index in [1.807, 2.05) is 24.3 Å². The molecule has 1 aromatic heterocycles. The highest BCUT2D eigenvalue weighted by Gasteiger charge is 2.28. The van der Waals surface area contributed by atoms with Crippen LogP contribution in [0.15, 0.2) is 36.5 Å². The third kappa shape index (κ3) is 5.40. The molecule has 1 fully saturated rings. The van der Waals surface area contributed by atoms with Crippen molar-refractivity contribution in [1.82, 2.24) is 15.3 Å². The van der Waals surface area contributed by atoms with Crippen LogP contribution in [0.1, 0.15) is 22.5 Å². The molecule has 1 aliphatic heterocycles. The summed E-state index contributed by atoms with van der Waals surface area (Å²) in [6.07, 6.45) is 2.66. The van der Waals surface area contributed by atoms with Crippen LogP contribution < -0.4 is 15.4 Å². The topological polar surface area (TPSA) is 110 Å². The molecule has 3 rings (SSSR count). The highest BCUT2D eigenvalue weighted by atomic mass is 32.2. The second-order valence-electron chi connectivity index (χ2n) is 6.37. The fourth-order valence-electron chi connectivity index (χ4n) is 2.89. The number of anilines is 1. The van der Waals surface area contributed by atoms with Gasteiger partial charge in [-0.1, -0.05) is 12.1 Å². The number of sulfone groups is 1. The third-order valence-electron chi connectivity index (χ3n) is 4.29. The number of carbonyl (C=O) groups excluding carboxylic acids is 1. The van der Waals surface area contributed by atoms with E-state index in [0.29, 0.717) is 19.4 Å². The van der Waals surface area contributed by atoms with Gasteiger partial charge in [-0.2, -0.15) is 0 Å². The van der Waals surface area contributed by atoms with Crippen molar-refractivity contribution in [1.29, 1.82) is 0 Å². The molecule has 1 unspecified atom stereocenters. The number of ether oxygens (including phenoxy) is 1. The summed E-state index contributed by atoms with van der Waals surface area (Å²) in [6.45, 7) is 0.458. The molecule has 9 heteroatoms. The smallest absolute Gasteiger partial charge is 0.270 e. The summed E-state index contributed by atoms with van der Waals surface area (Å²) in [4.78, 5) is 20.6. The molecule has 1 aromatic carbocycles. The summed E-state index contributed by atoms with van der Waals surface area (Å²) in [5, 5.41) is 5.82. The molecule has 2 aromatic rings. The maximum absolute atomic E-state index is 12.3. The van der Waals surface area contributed by atoms with Crippen molar-refractivity contribution < 1.29 is 17.9 Å². The first kappa shape index (κ1) is 19.1. The molecule has 27 heavy (non-hydrogen) atoms. The van der Waals surface area contributed by atoms with Crippen LogP contribution in [0.3, 0.4) is 0 Å². The minimum Gasteiger partial charge on any atom is -0.497 e. The summed E-state index contributed by atoms with van der Waals surface area (Å²) in [6, 6.07) is 8.97. The molecule has 0 saturated carbocycles. The van der Waals surface area contributed by atoms with Gasteiger partial charge < -0.3 is 15.4 Å². The lowest BCUT2D eigenvalue weighted by molar-refractivity contribution is 0.0949. The lowest BCUT2D eigenvalue weighted by atomic mass is 10.1. The van der Waals surface area contributed by atoms with Gasteiger partial charge in [0.25, 0.3) is 5.91 Å². The minimum absolute atomic E-state index is 0.0628. The normalized spacial score (nSPS) is 18.0. The van der Waals surface area contributed by atoms with Crippen molar-refractivity contribution in [3.8, 4) is 5.75 Å². The van der Waals surface area contributed by atoms with Gasteiger partial charge in [0.2, 0.25) is 5.95 Å². The fraction of sp³-hybridized carbons (Fsp3) is 0.389. The molecular weight excluding hydrogens is 368 g/mol. The maximum atomic E-state index is 12.3. The predicted octanol–water partition coefficient (Wildman–Crippen LogP) is 1.06. The number of nitrogens with zero attached hydrogens (tertiary/aromatic N) is 2. The Hall–Kier alpha value is -2.68. The molecule has 2 heterocycles. The molecule has 8 nitrogen and oxygen atoms in total. The van der Waals surface area contributed by atoms with Gasteiger partial charge in [-0.05, 0) is 36.6 Å². The second kappa shape index (κ2) is 8.34. The molecule has 2 N–H and O–H groups in total. The van der Waals surface area contributed by atoms with Gasteiger partial charge in [0.1, 0.15) is 11.4 Å². The lowest BCUT2D eigenvalue weighted by Crippen LogP contribution is -2.27. The van der Waals surface area contributed by atoms with Crippen LogP contribution in [0.5, 0.6) is 5.75 Å². The van der Waals surface area contributed by atoms with E-state index in [1.54, 1.807) is 7.11 Å². The molecule has 0 radical (unpaired) electrons. The van der Waals surface area contributed by atoms with Crippen molar-refractivity contribution in [3.05, 3.63) is 47.8 Å². The van der Waals surface area contributed by atoms with Gasteiger partial charge in [-0.15, -0.1) is 0 Å². The third-order valence-corrected chi connectivity index (χ3v) is 6.06. The summed E-state index contributed by atoms with van der Waals surface area (Å²) in [7, 11) is -1.38. The van der Waals surface area contributed by atoms with Gasteiger partial charge in [0, 0.05) is 18.8 Å². The molecule has 1 atom stereocenters. The van der Waals surface area contributed by atoms with Crippen LogP contribution in [0, 0.1) is 0 Å². The van der Waals surface area contributed by atoms with Crippen molar-refractivity contribution in [3.63, 3.8) is 0 Å². The van der Waals surface area contributed by atoms with Crippen molar-refractivity contribution in [2.75, 3.05) is 30.5 Å². The first-order chi connectivity index (χ1) is 12.9. The number of methoxy groups -OCH3 is 1. The van der Waals surface area contributed by atoms with E-state index < -0.39 is 9.84 Å². The molecule has 0 aliphatic carbocycles. The van der Waals surface area contributed by atoms with Gasteiger partial charge >= 0.3 is 0 Å². The number of amides is 1. The van der Waals surface area contributed by atoms with E-state index in [9.17, 15) is 13.2 Å². The van der Waals surface area contributed by atoms with Gasteiger partial charge in [0.15, 0.2) is 9.84 Å². The average molecular weight is 390 g/mol. The largest absolute Gasteiger partial charge is 0.497 e. The Kier molecular flexibility index (Phi) is 5.90. The molecular formula is C18H22N4O4S. The summed E-state index contributed by atoms with van der Waals surface area (Å²) in [5.41, 5.74) is 1.29. The van der Waals surface area contributed by atoms with E-state index >= 15 is 0 Å². The van der Waals surface area contributed by atoms with Crippen LogP contribution >= 0.6 is 0 Å². The number of hydrogen-bond acceptors (Lipinski definition) is 7. The molecule has 1 aliphatic rings. The number of aromatic nitrogens is 2. The summed E-state index contributed by atoms with van der Waals surface area (Å²) >= 11 is 0. The Morgan fingerprint density at radius 1 is 1.33 bits per heavy atom. The molecule has 144 valence electrons. The highest BCUT2D eigenvalue weighted by Crippen LogP contribution is 2.15. The molecule has 0 bridgehead atoms. The lowest BCUT2D eigenvalue weighted by Gasteiger charge is -2.11. The Bertz CT molecular complexity index is 917. The fourth-order valence-corrected chi connectivity index (χ4v) is 4.56. The highest BCUT2D eigenvalue weighted by molar-refractivity contribution is 7.91. The van der Waals surface area contributed by atoms with Crippen LogP contribution in [0.2, 0.25) is 0 Å². The predicted molar refractivity (Wildman–Crippen MR) is 102 cm³/mol. The zero-order valence-electron chi connectivity index (χ0n) is 15.0. The van der Waals surface area contributed by atoms with Crippen LogP contribution in [0.4, 0.5) is 5.95 Å². The van der Waals surface area contributed by atoms with E-state index in [4.69, 9.17) is 4.74 Å². The van der Waals surface area contributed by atoms with E-state index in [-0.39, 0.29) is 35.1 Å². The zero-order valence-corrected chi connectivity index (χ0v) is 15.8. The van der Waals surface area contributed by atoms with Crippen LogP contribution in [-0.2, 0) is 16.3 Å². The first-order valence-corrected chi connectivity index (χ1v) is 10.5. The monoisotopic (exact) mass is 390 g/mol. The Morgan fingerprint density at radius 3 is 2.93 bits per heavy atom. The van der Waals surface area contributed by atoms with Crippen LogP contribution in [0.25, 0.3) is 0 Å². The summed E-state index contributed by atoms with van der Waals surface area (Å²) in [5.74, 6) is 0.960. The van der Waals surface area contributed by atoms with Crippen molar-refractivity contribution >= 4 is 21.7 Å². The Balaban J connectivity index is 1.54. The quantitative estimate of drug-likeness (QED) is 0.727. The van der Waals surface area contributed by atoms with Crippen LogP contribution in [-0.4, -0.2) is 55.5 Å². The second-order valence-corrected chi connectivity index (χ2v) is 8.60. The van der Waals surface area contributed by atoms with E-state index in [2.05, 4.69) is 20.6 Å². The van der Waals surface area contributed by atoms with Gasteiger partial charge in [-0.3, -0.25) is 4.79 Å². The Labute approximate surface area is 158 Å². The van der Waals surface area contributed by atoms with Crippen molar-refractivity contribution in [2.45, 2.75) is 18.9 Å². The number of hydrogen-bond donors (Lipinski definition) is 2. The van der Waals surface area contributed by atoms with E-state index in [1.165, 1.54) is 12.3 Å². The first-order valence-electron chi connectivity index (χ1n) is 8.66. The zero-order chi connectivity index (χ0) is 19.3. The van der Waals surface area contributed by atoms with E-state index in [0.717, 1.165) is 11.3 Å². The average Bonchev–Trinajstić information content (AvgIpc) is 3.00. The molecule has 0 spiro atoms. The molecule has 1 amide bonds. The van der Waals surface area contributed by atoms with Crippen molar-refractivity contribution in [2.24, 2.45) is 0 Å². The Morgan fingerprint density at radius 2 is 2.19 bits per heavy atom. The number of rotatable bonds is 7. The SMILES string of the molecule is COc1cccc(CCNC(=O)c2ccnc(NC3CCS(=O)(=O)C3)n2)c1. The number of nitrogens with one attached hydrogen (secondary N) is 2.